The summed E-state index contributed by atoms with van der Waals surface area (Å²) < 4.78 is 0.998. The molecule has 0 spiro atoms. The lowest BCUT2D eigenvalue weighted by Gasteiger charge is -2.25. The minimum atomic E-state index is 0.495. The Morgan fingerprint density at radius 1 is 0.368 bits per heavy atom. The highest BCUT2D eigenvalue weighted by molar-refractivity contribution is 9.10. The lowest BCUT2D eigenvalue weighted by Crippen LogP contribution is -2.09. The Morgan fingerprint density at radius 3 is 1.16 bits per heavy atom. The van der Waals surface area contributed by atoms with Gasteiger partial charge in [-0.2, -0.15) is 0 Å². The van der Waals surface area contributed by atoms with Crippen LogP contribution >= 0.6 is 15.9 Å². The van der Waals surface area contributed by atoms with Crippen LogP contribution in [0, 0.1) is 0 Å². The van der Waals surface area contributed by atoms with Crippen LogP contribution in [0.4, 0.5) is 17.1 Å². The van der Waals surface area contributed by atoms with Gasteiger partial charge < -0.3 is 4.90 Å². The zero-order valence-electron chi connectivity index (χ0n) is 20.3. The summed E-state index contributed by atoms with van der Waals surface area (Å²) in [6.45, 7) is 0. The molecule has 0 unspecified atom stereocenters. The second-order valence-corrected chi connectivity index (χ2v) is 9.60. The maximum absolute atomic E-state index is 4.30. The van der Waals surface area contributed by atoms with Crippen molar-refractivity contribution in [3.05, 3.63) is 138 Å². The number of anilines is 3. The summed E-state index contributed by atoms with van der Waals surface area (Å²) in [5.41, 5.74) is 7.30. The zero-order valence-corrected chi connectivity index (χ0v) is 21.9. The molecule has 1 aromatic heterocycles. The topological polar surface area (TPSA) is 54.8 Å². The molecule has 6 heteroatoms. The van der Waals surface area contributed by atoms with E-state index in [9.17, 15) is 0 Å². The number of hydrogen-bond donors (Lipinski definition) is 0. The van der Waals surface area contributed by atoms with E-state index in [1.54, 1.807) is 0 Å². The molecule has 0 fully saturated rings. The molecule has 0 saturated carbocycles. The summed E-state index contributed by atoms with van der Waals surface area (Å²) in [7, 11) is 0. The fourth-order valence-electron chi connectivity index (χ4n) is 4.28. The summed E-state index contributed by atoms with van der Waals surface area (Å²) in [5, 5.41) is 17.1. The number of benzene rings is 5. The minimum absolute atomic E-state index is 0.495. The molecule has 0 amide bonds. The third-order valence-electron chi connectivity index (χ3n) is 6.21. The van der Waals surface area contributed by atoms with Crippen molar-refractivity contribution in [3.63, 3.8) is 0 Å². The van der Waals surface area contributed by atoms with Crippen molar-refractivity contribution < 1.29 is 0 Å². The van der Waals surface area contributed by atoms with Gasteiger partial charge in [0.05, 0.1) is 0 Å². The number of hydrogen-bond acceptors (Lipinski definition) is 5. The van der Waals surface area contributed by atoms with Crippen molar-refractivity contribution in [1.82, 2.24) is 20.4 Å². The standard InChI is InChI=1S/C32H22BrN5/c33-27-19-15-26(16-20-27)32-36-34-31(35-37-32)25-13-11-23(12-14-25)24-17-21-30(22-18-24)38(28-7-3-1-4-8-28)29-9-5-2-6-10-29/h1-22H. The van der Waals surface area contributed by atoms with Crippen molar-refractivity contribution in [3.8, 4) is 33.9 Å². The molecular formula is C32H22BrN5. The molecule has 0 aliphatic carbocycles. The van der Waals surface area contributed by atoms with Crippen LogP contribution in [0.25, 0.3) is 33.9 Å². The molecule has 1 heterocycles. The van der Waals surface area contributed by atoms with E-state index in [2.05, 4.69) is 126 Å². The van der Waals surface area contributed by atoms with Crippen LogP contribution in [0.5, 0.6) is 0 Å². The maximum atomic E-state index is 4.30. The van der Waals surface area contributed by atoms with Crippen LogP contribution in [-0.2, 0) is 0 Å². The SMILES string of the molecule is Brc1ccc(-c2nnc(-c3ccc(-c4ccc(N(c5ccccc5)c5ccccc5)cc4)cc3)nn2)cc1. The van der Waals surface area contributed by atoms with E-state index in [1.165, 1.54) is 0 Å². The average molecular weight is 556 g/mol. The Balaban J connectivity index is 1.23. The van der Waals surface area contributed by atoms with E-state index in [0.717, 1.165) is 43.8 Å². The Morgan fingerprint density at radius 2 is 0.711 bits per heavy atom. The molecule has 5 aromatic carbocycles. The van der Waals surface area contributed by atoms with Crippen LogP contribution < -0.4 is 4.90 Å². The van der Waals surface area contributed by atoms with E-state index in [-0.39, 0.29) is 0 Å². The molecule has 0 radical (unpaired) electrons. The lowest BCUT2D eigenvalue weighted by atomic mass is 10.0. The minimum Gasteiger partial charge on any atom is -0.311 e. The third kappa shape index (κ3) is 5.08. The summed E-state index contributed by atoms with van der Waals surface area (Å²) in [4.78, 5) is 2.25. The molecule has 5 nitrogen and oxygen atoms in total. The Kier molecular flexibility index (Phi) is 6.70. The highest BCUT2D eigenvalue weighted by Gasteiger charge is 2.12. The van der Waals surface area contributed by atoms with Gasteiger partial charge in [-0.25, -0.2) is 0 Å². The second-order valence-electron chi connectivity index (χ2n) is 8.68. The van der Waals surface area contributed by atoms with Gasteiger partial charge in [0.1, 0.15) is 0 Å². The van der Waals surface area contributed by atoms with Gasteiger partial charge in [0.15, 0.2) is 0 Å². The summed E-state index contributed by atoms with van der Waals surface area (Å²) in [6, 6.07) is 45.3. The molecule has 0 aliphatic heterocycles. The van der Waals surface area contributed by atoms with E-state index in [0.29, 0.717) is 11.6 Å². The van der Waals surface area contributed by atoms with Gasteiger partial charge in [-0.3, -0.25) is 0 Å². The highest BCUT2D eigenvalue weighted by atomic mass is 79.9. The Labute approximate surface area is 229 Å². The molecule has 0 atom stereocenters. The lowest BCUT2D eigenvalue weighted by molar-refractivity contribution is 0.876. The van der Waals surface area contributed by atoms with Gasteiger partial charge >= 0.3 is 0 Å². The molecule has 0 aliphatic rings. The predicted octanol–water partition coefficient (Wildman–Crippen LogP) is 8.50. The van der Waals surface area contributed by atoms with Crippen LogP contribution in [0.1, 0.15) is 0 Å². The fraction of sp³-hybridized carbons (Fsp3) is 0. The first-order chi connectivity index (χ1) is 18.7. The molecule has 38 heavy (non-hydrogen) atoms. The first-order valence-corrected chi connectivity index (χ1v) is 13.0. The predicted molar refractivity (Wildman–Crippen MR) is 156 cm³/mol. The smallest absolute Gasteiger partial charge is 0.203 e. The molecule has 0 N–H and O–H groups in total. The molecule has 6 aromatic rings. The first kappa shape index (κ1) is 23.7. The molecule has 6 rings (SSSR count). The Hall–Kier alpha value is -4.68. The van der Waals surface area contributed by atoms with E-state index >= 15 is 0 Å². The van der Waals surface area contributed by atoms with Gasteiger partial charge in [-0.05, 0) is 71.8 Å². The maximum Gasteiger partial charge on any atom is 0.203 e. The van der Waals surface area contributed by atoms with Crippen molar-refractivity contribution in [2.24, 2.45) is 0 Å². The van der Waals surface area contributed by atoms with E-state index in [4.69, 9.17) is 0 Å². The third-order valence-corrected chi connectivity index (χ3v) is 6.74. The quantitative estimate of drug-likeness (QED) is 0.206. The van der Waals surface area contributed by atoms with Crippen molar-refractivity contribution >= 4 is 33.0 Å². The summed E-state index contributed by atoms with van der Waals surface area (Å²) in [6.07, 6.45) is 0. The van der Waals surface area contributed by atoms with Crippen LogP contribution in [0.2, 0.25) is 0 Å². The first-order valence-electron chi connectivity index (χ1n) is 12.2. The van der Waals surface area contributed by atoms with Crippen molar-refractivity contribution in [2.75, 3.05) is 4.90 Å². The van der Waals surface area contributed by atoms with E-state index < -0.39 is 0 Å². The normalized spacial score (nSPS) is 10.8. The van der Waals surface area contributed by atoms with Gasteiger partial charge in [0, 0.05) is 32.7 Å². The van der Waals surface area contributed by atoms with E-state index in [1.807, 2.05) is 48.5 Å². The zero-order chi connectivity index (χ0) is 25.7. The van der Waals surface area contributed by atoms with Gasteiger partial charge in [-0.15, -0.1) is 20.4 Å². The van der Waals surface area contributed by atoms with Gasteiger partial charge in [0.25, 0.3) is 0 Å². The average Bonchev–Trinajstić information content (AvgIpc) is 2.99. The fourth-order valence-corrected chi connectivity index (χ4v) is 4.54. The molecule has 182 valence electrons. The summed E-state index contributed by atoms with van der Waals surface area (Å²) in [5.74, 6) is 0.993. The number of aromatic nitrogens is 4. The second kappa shape index (κ2) is 10.7. The van der Waals surface area contributed by atoms with Crippen molar-refractivity contribution in [2.45, 2.75) is 0 Å². The van der Waals surface area contributed by atoms with Crippen molar-refractivity contribution in [1.29, 1.82) is 0 Å². The highest BCUT2D eigenvalue weighted by Crippen LogP contribution is 2.35. The number of halogens is 1. The number of nitrogens with zero attached hydrogens (tertiary/aromatic N) is 5. The monoisotopic (exact) mass is 555 g/mol. The van der Waals surface area contributed by atoms with Gasteiger partial charge in [-0.1, -0.05) is 88.7 Å². The molecule has 0 bridgehead atoms. The molecular weight excluding hydrogens is 534 g/mol. The summed E-state index contributed by atoms with van der Waals surface area (Å²) >= 11 is 3.44. The number of rotatable bonds is 6. The molecule has 0 saturated heterocycles. The largest absolute Gasteiger partial charge is 0.311 e. The number of para-hydroxylation sites is 2. The Bertz CT molecular complexity index is 1580. The van der Waals surface area contributed by atoms with Crippen LogP contribution in [0.3, 0.4) is 0 Å². The van der Waals surface area contributed by atoms with Gasteiger partial charge in [0.2, 0.25) is 11.6 Å². The van der Waals surface area contributed by atoms with Crippen LogP contribution in [0.15, 0.2) is 138 Å². The van der Waals surface area contributed by atoms with Crippen LogP contribution in [-0.4, -0.2) is 20.4 Å².